The largest absolute Gasteiger partial charge is 0.760 e. The lowest BCUT2D eigenvalue weighted by Gasteiger charge is -2.25. The molecule has 1 aliphatic heterocycles. The second-order valence-electron chi connectivity index (χ2n) is 8.42. The molecular weight excluding hydrogens is 368 g/mol. The highest BCUT2D eigenvalue weighted by molar-refractivity contribution is 7.77. The van der Waals surface area contributed by atoms with Gasteiger partial charge in [-0.2, -0.15) is 0 Å². The number of nitrogens with one attached hydrogen (secondary N) is 1. The fraction of sp³-hybridized carbons (Fsp3) is 0.478. The second kappa shape index (κ2) is 8.46. The van der Waals surface area contributed by atoms with Gasteiger partial charge in [0, 0.05) is 36.3 Å². The summed E-state index contributed by atoms with van der Waals surface area (Å²) in [7, 11) is 0. The number of hydrogen-bond acceptors (Lipinski definition) is 3. The average Bonchev–Trinajstić information content (AvgIpc) is 3.03. The van der Waals surface area contributed by atoms with Gasteiger partial charge in [-0.15, -0.1) is 0 Å². The first-order valence-corrected chi connectivity index (χ1v) is 11.3. The van der Waals surface area contributed by atoms with E-state index in [9.17, 15) is 8.76 Å². The van der Waals surface area contributed by atoms with Gasteiger partial charge in [0.25, 0.3) is 0 Å². The van der Waals surface area contributed by atoms with Gasteiger partial charge >= 0.3 is 0 Å². The molecule has 1 saturated heterocycles. The van der Waals surface area contributed by atoms with Crippen molar-refractivity contribution in [3.8, 4) is 0 Å². The molecule has 3 atom stereocenters. The van der Waals surface area contributed by atoms with E-state index in [0.29, 0.717) is 12.0 Å². The Hall–Kier alpha value is -1.53. The van der Waals surface area contributed by atoms with Crippen molar-refractivity contribution < 1.29 is 8.76 Å². The Morgan fingerprint density at radius 3 is 2.50 bits per heavy atom. The summed E-state index contributed by atoms with van der Waals surface area (Å²) in [5.41, 5.74) is 4.36. The topological polar surface area (TPSA) is 55.4 Å². The van der Waals surface area contributed by atoms with Crippen molar-refractivity contribution in [2.45, 2.75) is 31.6 Å². The van der Waals surface area contributed by atoms with E-state index in [-0.39, 0.29) is 0 Å². The molecule has 1 aliphatic carbocycles. The van der Waals surface area contributed by atoms with E-state index in [1.54, 1.807) is 0 Å². The van der Waals surface area contributed by atoms with E-state index in [4.69, 9.17) is 0 Å². The van der Waals surface area contributed by atoms with Gasteiger partial charge in [-0.3, -0.25) is 4.21 Å². The zero-order chi connectivity index (χ0) is 19.6. The number of aryl methyl sites for hydroxylation is 1. The van der Waals surface area contributed by atoms with Crippen molar-refractivity contribution in [1.82, 2.24) is 9.62 Å². The molecule has 0 amide bonds. The minimum atomic E-state index is -2.18. The van der Waals surface area contributed by atoms with Gasteiger partial charge in [0.1, 0.15) is 0 Å². The lowest BCUT2D eigenvalue weighted by molar-refractivity contribution is 0.274. The number of rotatable bonds is 9. The van der Waals surface area contributed by atoms with Gasteiger partial charge in [0.2, 0.25) is 0 Å². The summed E-state index contributed by atoms with van der Waals surface area (Å²) in [5.74, 6) is 1.51. The van der Waals surface area contributed by atoms with E-state index in [1.165, 1.54) is 42.7 Å². The minimum Gasteiger partial charge on any atom is -0.760 e. The zero-order valence-electron chi connectivity index (χ0n) is 16.5. The number of benzene rings is 2. The van der Waals surface area contributed by atoms with Crippen LogP contribution in [0.15, 0.2) is 54.6 Å². The van der Waals surface area contributed by atoms with Crippen molar-refractivity contribution in [3.05, 3.63) is 71.3 Å². The van der Waals surface area contributed by atoms with Crippen LogP contribution in [0.1, 0.15) is 30.0 Å². The Morgan fingerprint density at radius 1 is 1.07 bits per heavy atom. The van der Waals surface area contributed by atoms with Crippen LogP contribution < -0.4 is 4.72 Å². The third-order valence-electron chi connectivity index (χ3n) is 6.79. The van der Waals surface area contributed by atoms with Crippen molar-refractivity contribution >= 4 is 11.3 Å². The van der Waals surface area contributed by atoms with Crippen LogP contribution in [-0.2, 0) is 29.5 Å². The first kappa shape index (κ1) is 19.8. The highest BCUT2D eigenvalue weighted by Gasteiger charge is 2.65. The Morgan fingerprint density at radius 2 is 1.79 bits per heavy atom. The molecule has 2 aliphatic rings. The molecule has 0 bridgehead atoms. The monoisotopic (exact) mass is 397 g/mol. The summed E-state index contributed by atoms with van der Waals surface area (Å²) in [5, 5.41) is 0. The fourth-order valence-corrected chi connectivity index (χ4v) is 5.33. The van der Waals surface area contributed by atoms with E-state index in [2.05, 4.69) is 71.1 Å². The molecule has 0 radical (unpaired) electrons. The molecule has 5 heteroatoms. The van der Waals surface area contributed by atoms with Crippen molar-refractivity contribution in [3.63, 3.8) is 0 Å². The van der Waals surface area contributed by atoms with Crippen LogP contribution in [-0.4, -0.2) is 39.8 Å². The third-order valence-corrected chi connectivity index (χ3v) is 7.23. The molecular formula is C23H29N2O2S-. The Bertz CT molecular complexity index is 814. The second-order valence-corrected chi connectivity index (χ2v) is 9.18. The molecule has 4 rings (SSSR count). The van der Waals surface area contributed by atoms with Gasteiger partial charge in [-0.05, 0) is 54.3 Å². The smallest absolute Gasteiger partial charge is 0.0181 e. The molecule has 150 valence electrons. The standard InChI is InChI=1S/C23H30N2O2S/c1-23(20-11-5-9-19(15-20)12-13-24-28(26)27)21-16-25(17-22(21)23)14-6-10-18-7-3-2-4-8-18/h2-5,7-9,11,15,21-22,24H,6,10,12-14,16-17H2,1H3,(H,26,27)/p-1. The molecule has 28 heavy (non-hydrogen) atoms. The van der Waals surface area contributed by atoms with Crippen molar-refractivity contribution in [2.24, 2.45) is 11.8 Å². The summed E-state index contributed by atoms with van der Waals surface area (Å²) in [6.07, 6.45) is 3.12. The SMILES string of the molecule is CC1(c2cccc(CCNS(=O)[O-])c2)C2CN(CCCc3ccccc3)CC21. The van der Waals surface area contributed by atoms with Crippen LogP contribution in [0.5, 0.6) is 0 Å². The minimum absolute atomic E-state index is 0.292. The summed E-state index contributed by atoms with van der Waals surface area (Å²) in [4.78, 5) is 2.64. The van der Waals surface area contributed by atoms with Gasteiger partial charge < -0.3 is 9.45 Å². The first-order valence-electron chi connectivity index (χ1n) is 10.3. The molecule has 1 saturated carbocycles. The Kier molecular flexibility index (Phi) is 5.97. The van der Waals surface area contributed by atoms with Gasteiger partial charge in [0.05, 0.1) is 0 Å². The number of hydrogen-bond donors (Lipinski definition) is 1. The van der Waals surface area contributed by atoms with Crippen LogP contribution in [0.25, 0.3) is 0 Å². The van der Waals surface area contributed by atoms with E-state index < -0.39 is 11.3 Å². The van der Waals surface area contributed by atoms with Gasteiger partial charge in [0.15, 0.2) is 0 Å². The molecule has 2 aromatic rings. The van der Waals surface area contributed by atoms with Crippen LogP contribution in [0.4, 0.5) is 0 Å². The quantitative estimate of drug-likeness (QED) is 0.662. The van der Waals surface area contributed by atoms with Crippen molar-refractivity contribution in [1.29, 1.82) is 0 Å². The predicted octanol–water partition coefficient (Wildman–Crippen LogP) is 3.06. The molecule has 4 nitrogen and oxygen atoms in total. The molecule has 0 aromatic heterocycles. The Labute approximate surface area is 170 Å². The normalized spacial score (nSPS) is 27.5. The molecule has 1 heterocycles. The maximum atomic E-state index is 10.6. The summed E-state index contributed by atoms with van der Waals surface area (Å²) < 4.78 is 23.7. The molecule has 2 fully saturated rings. The zero-order valence-corrected chi connectivity index (χ0v) is 17.3. The third kappa shape index (κ3) is 4.23. The van der Waals surface area contributed by atoms with Crippen molar-refractivity contribution in [2.75, 3.05) is 26.2 Å². The number of fused-ring (bicyclic) bond motifs is 1. The number of likely N-dealkylation sites (tertiary alicyclic amines) is 1. The molecule has 1 N–H and O–H groups in total. The summed E-state index contributed by atoms with van der Waals surface area (Å²) in [6, 6.07) is 19.5. The Balaban J connectivity index is 1.27. The van der Waals surface area contributed by atoms with E-state index in [1.807, 2.05) is 0 Å². The maximum absolute atomic E-state index is 10.6. The van der Waals surface area contributed by atoms with Crippen LogP contribution in [0.2, 0.25) is 0 Å². The van der Waals surface area contributed by atoms with Gasteiger partial charge in [-0.1, -0.05) is 61.5 Å². The lowest BCUT2D eigenvalue weighted by atomic mass is 9.90. The van der Waals surface area contributed by atoms with E-state index >= 15 is 0 Å². The van der Waals surface area contributed by atoms with Crippen LogP contribution in [0.3, 0.4) is 0 Å². The van der Waals surface area contributed by atoms with Gasteiger partial charge in [-0.25, -0.2) is 4.72 Å². The summed E-state index contributed by atoms with van der Waals surface area (Å²) >= 11 is -2.18. The lowest BCUT2D eigenvalue weighted by Crippen LogP contribution is -2.30. The predicted molar refractivity (Wildman–Crippen MR) is 113 cm³/mol. The molecule has 3 unspecified atom stereocenters. The fourth-order valence-electron chi connectivity index (χ4n) is 5.07. The highest BCUT2D eigenvalue weighted by atomic mass is 32.2. The van der Waals surface area contributed by atoms with Crippen LogP contribution >= 0.6 is 0 Å². The molecule has 2 aromatic carbocycles. The maximum Gasteiger partial charge on any atom is 0.0181 e. The highest BCUT2D eigenvalue weighted by Crippen LogP contribution is 2.63. The molecule has 0 spiro atoms. The average molecular weight is 398 g/mol. The summed E-state index contributed by atoms with van der Waals surface area (Å²) in [6.45, 7) is 6.47. The number of piperidine rings is 1. The first-order chi connectivity index (χ1) is 13.6. The van der Waals surface area contributed by atoms with E-state index in [0.717, 1.165) is 24.7 Å². The van der Waals surface area contributed by atoms with Crippen LogP contribution in [0, 0.1) is 11.8 Å². The number of nitrogens with zero attached hydrogens (tertiary/aromatic N) is 1.